The Kier molecular flexibility index (Phi) is 5.67. The molecule has 0 spiro atoms. The van der Waals surface area contributed by atoms with Crippen LogP contribution in [-0.4, -0.2) is 24.0 Å². The van der Waals surface area contributed by atoms with Gasteiger partial charge in [0.2, 0.25) is 5.91 Å². The number of aromatic nitrogens is 1. The molecule has 1 aliphatic heterocycles. The minimum absolute atomic E-state index is 0.0561. The molecule has 0 radical (unpaired) electrons. The number of nitrogens with zero attached hydrogens (tertiary/aromatic N) is 2. The molecular weight excluding hydrogens is 394 g/mol. The number of nitrogens with one attached hydrogen (secondary N) is 1. The standard InChI is InChI=1S/C28H25N3O/c32-28(30-24-13-7-11-22(17-24)23-12-8-16-29-18-23)27-20-31(25-14-5-2-6-15-25)19-26(27)21-9-3-1-4-10-21/h1-18,26-27H,19-20H2,(H,30,32)/t26-,27+/m0/s1. The zero-order valence-corrected chi connectivity index (χ0v) is 17.8. The zero-order valence-electron chi connectivity index (χ0n) is 17.8. The van der Waals surface area contributed by atoms with Gasteiger partial charge in [-0.15, -0.1) is 0 Å². The Balaban J connectivity index is 1.40. The minimum Gasteiger partial charge on any atom is -0.370 e. The van der Waals surface area contributed by atoms with E-state index in [1.54, 1.807) is 6.20 Å². The maximum Gasteiger partial charge on any atom is 0.229 e. The number of para-hydroxylation sites is 1. The van der Waals surface area contributed by atoms with Crippen LogP contribution in [0.2, 0.25) is 0 Å². The molecule has 1 fully saturated rings. The number of rotatable bonds is 5. The van der Waals surface area contributed by atoms with Gasteiger partial charge in [0.1, 0.15) is 0 Å². The van der Waals surface area contributed by atoms with Crippen molar-refractivity contribution in [3.8, 4) is 11.1 Å². The summed E-state index contributed by atoms with van der Waals surface area (Å²) in [4.78, 5) is 20.0. The zero-order chi connectivity index (χ0) is 21.8. The molecule has 0 unspecified atom stereocenters. The van der Waals surface area contributed by atoms with Crippen LogP contribution < -0.4 is 10.2 Å². The first-order valence-corrected chi connectivity index (χ1v) is 10.9. The Bertz CT molecular complexity index is 1180. The lowest BCUT2D eigenvalue weighted by Gasteiger charge is -2.18. The van der Waals surface area contributed by atoms with E-state index in [-0.39, 0.29) is 17.7 Å². The largest absolute Gasteiger partial charge is 0.370 e. The molecule has 1 aliphatic rings. The fourth-order valence-electron chi connectivity index (χ4n) is 4.50. The molecule has 32 heavy (non-hydrogen) atoms. The number of hydrogen-bond acceptors (Lipinski definition) is 3. The summed E-state index contributed by atoms with van der Waals surface area (Å²) in [6.07, 6.45) is 3.60. The van der Waals surface area contributed by atoms with Gasteiger partial charge in [0.15, 0.2) is 0 Å². The van der Waals surface area contributed by atoms with Crippen molar-refractivity contribution >= 4 is 17.3 Å². The predicted octanol–water partition coefficient (Wildman–Crippen LogP) is 5.61. The van der Waals surface area contributed by atoms with Crippen LogP contribution in [0, 0.1) is 5.92 Å². The lowest BCUT2D eigenvalue weighted by molar-refractivity contribution is -0.119. The van der Waals surface area contributed by atoms with Crippen molar-refractivity contribution in [2.45, 2.75) is 5.92 Å². The van der Waals surface area contributed by atoms with Crippen LogP contribution in [0.15, 0.2) is 109 Å². The van der Waals surface area contributed by atoms with Crippen LogP contribution in [0.5, 0.6) is 0 Å². The van der Waals surface area contributed by atoms with Gasteiger partial charge in [0.25, 0.3) is 0 Å². The highest BCUT2D eigenvalue weighted by Crippen LogP contribution is 2.36. The van der Waals surface area contributed by atoms with Crippen molar-refractivity contribution < 1.29 is 4.79 Å². The molecule has 2 heterocycles. The molecule has 0 bridgehead atoms. The number of carbonyl (C=O) groups excluding carboxylic acids is 1. The lowest BCUT2D eigenvalue weighted by Crippen LogP contribution is -2.28. The van der Waals surface area contributed by atoms with Crippen molar-refractivity contribution in [2.24, 2.45) is 5.92 Å². The number of benzene rings is 3. The lowest BCUT2D eigenvalue weighted by atomic mass is 9.88. The van der Waals surface area contributed by atoms with Crippen molar-refractivity contribution in [1.29, 1.82) is 0 Å². The molecule has 1 saturated heterocycles. The summed E-state index contributed by atoms with van der Waals surface area (Å²) in [5.41, 5.74) is 5.23. The first-order valence-electron chi connectivity index (χ1n) is 10.9. The van der Waals surface area contributed by atoms with Crippen LogP contribution >= 0.6 is 0 Å². The van der Waals surface area contributed by atoms with Crippen LogP contribution in [-0.2, 0) is 4.79 Å². The van der Waals surface area contributed by atoms with Gasteiger partial charge in [-0.2, -0.15) is 0 Å². The van der Waals surface area contributed by atoms with E-state index in [1.165, 1.54) is 5.56 Å². The van der Waals surface area contributed by atoms with Gasteiger partial charge in [-0.25, -0.2) is 0 Å². The highest BCUT2D eigenvalue weighted by atomic mass is 16.2. The first kappa shape index (κ1) is 20.0. The topological polar surface area (TPSA) is 45.2 Å². The number of pyridine rings is 1. The summed E-state index contributed by atoms with van der Waals surface area (Å²) in [5.74, 6) is 0.0539. The smallest absolute Gasteiger partial charge is 0.229 e. The Morgan fingerprint density at radius 1 is 0.812 bits per heavy atom. The Morgan fingerprint density at radius 2 is 1.56 bits per heavy atom. The quantitative estimate of drug-likeness (QED) is 0.457. The average molecular weight is 420 g/mol. The van der Waals surface area contributed by atoms with Gasteiger partial charge in [-0.3, -0.25) is 9.78 Å². The van der Waals surface area contributed by atoms with Crippen molar-refractivity contribution in [3.63, 3.8) is 0 Å². The summed E-state index contributed by atoms with van der Waals surface area (Å²) >= 11 is 0. The highest BCUT2D eigenvalue weighted by Gasteiger charge is 2.38. The minimum atomic E-state index is -0.139. The predicted molar refractivity (Wildman–Crippen MR) is 130 cm³/mol. The molecule has 3 aromatic carbocycles. The molecule has 1 aromatic heterocycles. The summed E-state index contributed by atoms with van der Waals surface area (Å²) < 4.78 is 0. The van der Waals surface area contributed by atoms with Crippen LogP contribution in [0.25, 0.3) is 11.1 Å². The number of carbonyl (C=O) groups is 1. The molecular formula is C28H25N3O. The molecule has 4 nitrogen and oxygen atoms in total. The third-order valence-corrected chi connectivity index (χ3v) is 6.13. The number of amides is 1. The highest BCUT2D eigenvalue weighted by molar-refractivity contribution is 5.94. The van der Waals surface area contributed by atoms with Gasteiger partial charge in [-0.05, 0) is 41.5 Å². The van der Waals surface area contributed by atoms with Crippen molar-refractivity contribution in [1.82, 2.24) is 4.98 Å². The molecule has 2 atom stereocenters. The summed E-state index contributed by atoms with van der Waals surface area (Å²) in [5, 5.41) is 3.18. The maximum absolute atomic E-state index is 13.5. The fraction of sp³-hybridized carbons (Fsp3) is 0.143. The molecule has 5 rings (SSSR count). The first-order chi connectivity index (χ1) is 15.8. The van der Waals surface area contributed by atoms with E-state index in [4.69, 9.17) is 0 Å². The summed E-state index contributed by atoms with van der Waals surface area (Å²) in [6.45, 7) is 1.51. The van der Waals surface area contributed by atoms with Gasteiger partial charge < -0.3 is 10.2 Å². The molecule has 158 valence electrons. The SMILES string of the molecule is O=C(Nc1cccc(-c2cccnc2)c1)[C@@H]1CN(c2ccccc2)C[C@H]1c1ccccc1. The molecule has 0 saturated carbocycles. The van der Waals surface area contributed by atoms with Crippen molar-refractivity contribution in [2.75, 3.05) is 23.3 Å². The molecule has 0 aliphatic carbocycles. The Hall–Kier alpha value is -3.92. The second kappa shape index (κ2) is 9.06. The second-order valence-electron chi connectivity index (χ2n) is 8.18. The van der Waals surface area contributed by atoms with Gasteiger partial charge >= 0.3 is 0 Å². The van der Waals surface area contributed by atoms with Crippen LogP contribution in [0.4, 0.5) is 11.4 Å². The molecule has 1 amide bonds. The fourth-order valence-corrected chi connectivity index (χ4v) is 4.50. The van der Waals surface area contributed by atoms with Crippen LogP contribution in [0.1, 0.15) is 11.5 Å². The van der Waals surface area contributed by atoms with E-state index < -0.39 is 0 Å². The van der Waals surface area contributed by atoms with E-state index in [0.717, 1.165) is 29.0 Å². The van der Waals surface area contributed by atoms with E-state index in [9.17, 15) is 4.79 Å². The third kappa shape index (κ3) is 4.26. The number of anilines is 2. The van der Waals surface area contributed by atoms with E-state index in [2.05, 4.69) is 39.5 Å². The van der Waals surface area contributed by atoms with E-state index in [0.29, 0.717) is 6.54 Å². The van der Waals surface area contributed by atoms with Gasteiger partial charge in [-0.1, -0.05) is 66.7 Å². The van der Waals surface area contributed by atoms with E-state index in [1.807, 2.05) is 79.0 Å². The third-order valence-electron chi connectivity index (χ3n) is 6.13. The monoisotopic (exact) mass is 419 g/mol. The number of hydrogen-bond donors (Lipinski definition) is 1. The molecule has 4 heteroatoms. The molecule has 4 aromatic rings. The average Bonchev–Trinajstić information content (AvgIpc) is 3.32. The van der Waals surface area contributed by atoms with Crippen LogP contribution in [0.3, 0.4) is 0 Å². The maximum atomic E-state index is 13.5. The van der Waals surface area contributed by atoms with Crippen molar-refractivity contribution in [3.05, 3.63) is 115 Å². The molecule has 1 N–H and O–H groups in total. The summed E-state index contributed by atoms with van der Waals surface area (Å²) in [7, 11) is 0. The summed E-state index contributed by atoms with van der Waals surface area (Å²) in [6, 6.07) is 32.6. The normalized spacial score (nSPS) is 17.8. The Labute approximate surface area is 188 Å². The Morgan fingerprint density at radius 3 is 2.31 bits per heavy atom. The van der Waals surface area contributed by atoms with E-state index >= 15 is 0 Å². The second-order valence-corrected chi connectivity index (χ2v) is 8.18. The van der Waals surface area contributed by atoms with Gasteiger partial charge in [0.05, 0.1) is 5.92 Å². The van der Waals surface area contributed by atoms with Gasteiger partial charge in [0, 0.05) is 48.3 Å².